The summed E-state index contributed by atoms with van der Waals surface area (Å²) in [5.41, 5.74) is 6.86. The Labute approximate surface area is 83.5 Å². The van der Waals surface area contributed by atoms with Crippen molar-refractivity contribution in [2.24, 2.45) is 5.73 Å². The van der Waals surface area contributed by atoms with Crippen LogP contribution in [-0.2, 0) is 5.41 Å². The molecule has 14 heavy (non-hydrogen) atoms. The normalized spacial score (nSPS) is 25.3. The summed E-state index contributed by atoms with van der Waals surface area (Å²) in [5, 5.41) is 9.32. The standard InChI is InChI=1S/C11H15NO2/c1-11(7-12)4-5-14-10-6-8(13)2-3-9(10)11/h2-3,6,13H,4-5,7,12H2,1H3. The second kappa shape index (κ2) is 3.17. The predicted octanol–water partition coefficient (Wildman–Crippen LogP) is 1.39. The van der Waals surface area contributed by atoms with Crippen LogP contribution in [-0.4, -0.2) is 18.3 Å². The van der Waals surface area contributed by atoms with E-state index in [0.717, 1.165) is 17.7 Å². The zero-order valence-corrected chi connectivity index (χ0v) is 8.29. The first-order valence-electron chi connectivity index (χ1n) is 4.82. The summed E-state index contributed by atoms with van der Waals surface area (Å²) in [7, 11) is 0. The van der Waals surface area contributed by atoms with Crippen LogP contribution in [0.25, 0.3) is 0 Å². The number of fused-ring (bicyclic) bond motifs is 1. The Balaban J connectivity index is 2.50. The fourth-order valence-corrected chi connectivity index (χ4v) is 1.86. The van der Waals surface area contributed by atoms with Gasteiger partial charge in [-0.25, -0.2) is 0 Å². The summed E-state index contributed by atoms with van der Waals surface area (Å²) in [6.45, 7) is 3.41. The zero-order chi connectivity index (χ0) is 10.2. The van der Waals surface area contributed by atoms with Crippen LogP contribution < -0.4 is 10.5 Å². The molecule has 0 amide bonds. The van der Waals surface area contributed by atoms with Crippen LogP contribution in [0.15, 0.2) is 18.2 Å². The second-order valence-corrected chi connectivity index (χ2v) is 4.04. The minimum atomic E-state index is -0.0126. The van der Waals surface area contributed by atoms with Gasteiger partial charge in [0.2, 0.25) is 0 Å². The van der Waals surface area contributed by atoms with Gasteiger partial charge < -0.3 is 15.6 Å². The Morgan fingerprint density at radius 3 is 3.07 bits per heavy atom. The molecule has 1 heterocycles. The van der Waals surface area contributed by atoms with Gasteiger partial charge in [-0.15, -0.1) is 0 Å². The summed E-state index contributed by atoms with van der Waals surface area (Å²) < 4.78 is 5.49. The van der Waals surface area contributed by atoms with E-state index in [1.165, 1.54) is 0 Å². The first-order chi connectivity index (χ1) is 6.65. The number of phenols is 1. The van der Waals surface area contributed by atoms with E-state index < -0.39 is 0 Å². The molecule has 3 heteroatoms. The number of ether oxygens (including phenoxy) is 1. The molecule has 1 atom stereocenters. The minimum Gasteiger partial charge on any atom is -0.508 e. The minimum absolute atomic E-state index is 0.0126. The lowest BCUT2D eigenvalue weighted by atomic mass is 9.78. The monoisotopic (exact) mass is 193 g/mol. The van der Waals surface area contributed by atoms with E-state index in [1.54, 1.807) is 12.1 Å². The fraction of sp³-hybridized carbons (Fsp3) is 0.455. The smallest absolute Gasteiger partial charge is 0.126 e. The molecule has 1 aromatic rings. The molecule has 2 rings (SSSR count). The van der Waals surface area contributed by atoms with Gasteiger partial charge in [-0.1, -0.05) is 13.0 Å². The Morgan fingerprint density at radius 2 is 2.36 bits per heavy atom. The van der Waals surface area contributed by atoms with Crippen molar-refractivity contribution in [1.82, 2.24) is 0 Å². The number of hydrogen-bond acceptors (Lipinski definition) is 3. The maximum Gasteiger partial charge on any atom is 0.126 e. The van der Waals surface area contributed by atoms with Gasteiger partial charge >= 0.3 is 0 Å². The van der Waals surface area contributed by atoms with Gasteiger partial charge in [0.25, 0.3) is 0 Å². The number of nitrogens with two attached hydrogens (primary N) is 1. The van der Waals surface area contributed by atoms with Gasteiger partial charge in [0.15, 0.2) is 0 Å². The van der Waals surface area contributed by atoms with E-state index in [-0.39, 0.29) is 11.2 Å². The van der Waals surface area contributed by atoms with Crippen LogP contribution in [0.4, 0.5) is 0 Å². The van der Waals surface area contributed by atoms with Crippen LogP contribution >= 0.6 is 0 Å². The molecule has 76 valence electrons. The third-order valence-electron chi connectivity index (χ3n) is 2.98. The van der Waals surface area contributed by atoms with Crippen molar-refractivity contribution in [2.75, 3.05) is 13.2 Å². The average Bonchev–Trinajstić information content (AvgIpc) is 2.18. The van der Waals surface area contributed by atoms with E-state index >= 15 is 0 Å². The number of hydrogen-bond donors (Lipinski definition) is 2. The summed E-state index contributed by atoms with van der Waals surface area (Å²) in [6.07, 6.45) is 0.932. The molecule has 0 aromatic heterocycles. The van der Waals surface area contributed by atoms with Crippen molar-refractivity contribution in [3.05, 3.63) is 23.8 Å². The van der Waals surface area contributed by atoms with Crippen molar-refractivity contribution >= 4 is 0 Å². The van der Waals surface area contributed by atoms with Crippen molar-refractivity contribution in [3.8, 4) is 11.5 Å². The molecule has 1 aliphatic heterocycles. The lowest BCUT2D eigenvalue weighted by molar-refractivity contribution is 0.226. The Kier molecular flexibility index (Phi) is 2.11. The lowest BCUT2D eigenvalue weighted by Crippen LogP contribution is -2.36. The highest BCUT2D eigenvalue weighted by atomic mass is 16.5. The number of benzene rings is 1. The molecule has 0 saturated heterocycles. The van der Waals surface area contributed by atoms with Crippen LogP contribution in [0.3, 0.4) is 0 Å². The lowest BCUT2D eigenvalue weighted by Gasteiger charge is -2.34. The first-order valence-corrected chi connectivity index (χ1v) is 4.82. The van der Waals surface area contributed by atoms with Crippen LogP contribution in [0.1, 0.15) is 18.9 Å². The molecule has 3 N–H and O–H groups in total. The number of phenolic OH excluding ortho intramolecular Hbond substituents is 1. The highest BCUT2D eigenvalue weighted by Gasteiger charge is 2.31. The summed E-state index contributed by atoms with van der Waals surface area (Å²) in [5.74, 6) is 1.01. The van der Waals surface area contributed by atoms with Crippen LogP contribution in [0.5, 0.6) is 11.5 Å². The van der Waals surface area contributed by atoms with E-state index in [4.69, 9.17) is 10.5 Å². The highest BCUT2D eigenvalue weighted by molar-refractivity contribution is 5.45. The van der Waals surface area contributed by atoms with E-state index in [0.29, 0.717) is 13.2 Å². The molecular formula is C11H15NO2. The molecule has 0 saturated carbocycles. The van der Waals surface area contributed by atoms with Gasteiger partial charge in [-0.2, -0.15) is 0 Å². The zero-order valence-electron chi connectivity index (χ0n) is 8.29. The maximum absolute atomic E-state index is 9.32. The van der Waals surface area contributed by atoms with Crippen LogP contribution in [0, 0.1) is 0 Å². The van der Waals surface area contributed by atoms with E-state index in [2.05, 4.69) is 6.92 Å². The summed E-state index contributed by atoms with van der Waals surface area (Å²) in [4.78, 5) is 0. The van der Waals surface area contributed by atoms with Gasteiger partial charge in [0.05, 0.1) is 6.61 Å². The second-order valence-electron chi connectivity index (χ2n) is 4.04. The first kappa shape index (κ1) is 9.34. The molecule has 0 fully saturated rings. The SMILES string of the molecule is CC1(CN)CCOc2cc(O)ccc21. The predicted molar refractivity (Wildman–Crippen MR) is 54.6 cm³/mol. The number of rotatable bonds is 1. The molecule has 1 aliphatic rings. The third kappa shape index (κ3) is 1.34. The highest BCUT2D eigenvalue weighted by Crippen LogP contribution is 2.39. The molecule has 1 unspecified atom stereocenters. The molecule has 0 aliphatic carbocycles. The topological polar surface area (TPSA) is 55.5 Å². The van der Waals surface area contributed by atoms with Crippen molar-refractivity contribution in [3.63, 3.8) is 0 Å². The number of aromatic hydroxyl groups is 1. The molecule has 0 spiro atoms. The van der Waals surface area contributed by atoms with Gasteiger partial charge in [-0.3, -0.25) is 0 Å². The summed E-state index contributed by atoms with van der Waals surface area (Å²) in [6, 6.07) is 5.24. The molecular weight excluding hydrogens is 178 g/mol. The molecule has 1 aromatic carbocycles. The summed E-state index contributed by atoms with van der Waals surface area (Å²) >= 11 is 0. The van der Waals surface area contributed by atoms with Gasteiger partial charge in [-0.05, 0) is 12.5 Å². The van der Waals surface area contributed by atoms with Gasteiger partial charge in [0, 0.05) is 23.6 Å². The Bertz CT molecular complexity index is 351. The third-order valence-corrected chi connectivity index (χ3v) is 2.98. The Morgan fingerprint density at radius 1 is 1.57 bits per heavy atom. The maximum atomic E-state index is 9.32. The van der Waals surface area contributed by atoms with Crippen molar-refractivity contribution in [2.45, 2.75) is 18.8 Å². The fourth-order valence-electron chi connectivity index (χ4n) is 1.86. The van der Waals surface area contributed by atoms with Crippen molar-refractivity contribution in [1.29, 1.82) is 0 Å². The molecule has 3 nitrogen and oxygen atoms in total. The van der Waals surface area contributed by atoms with Crippen LogP contribution in [0.2, 0.25) is 0 Å². The average molecular weight is 193 g/mol. The Hall–Kier alpha value is -1.22. The van der Waals surface area contributed by atoms with Gasteiger partial charge in [0.1, 0.15) is 11.5 Å². The largest absolute Gasteiger partial charge is 0.508 e. The van der Waals surface area contributed by atoms with E-state index in [1.807, 2.05) is 6.07 Å². The molecule has 0 radical (unpaired) electrons. The quantitative estimate of drug-likeness (QED) is 0.708. The van der Waals surface area contributed by atoms with Crippen molar-refractivity contribution < 1.29 is 9.84 Å². The molecule has 0 bridgehead atoms. The van der Waals surface area contributed by atoms with E-state index in [9.17, 15) is 5.11 Å².